The molecule has 0 unspecified atom stereocenters. The normalized spacial score (nSPS) is 10.1. The minimum Gasteiger partial charge on any atom is -0.493 e. The van der Waals surface area contributed by atoms with Crippen LogP contribution in [-0.2, 0) is 4.79 Å². The van der Waals surface area contributed by atoms with Gasteiger partial charge in [0.15, 0.2) is 0 Å². The Kier molecular flexibility index (Phi) is 5.16. The molecule has 3 nitrogen and oxygen atoms in total. The zero-order valence-electron chi connectivity index (χ0n) is 11.8. The molecule has 0 saturated carbocycles. The number of hydrogen-bond donors (Lipinski definition) is 1. The van der Waals surface area contributed by atoms with Crippen LogP contribution in [-0.4, -0.2) is 17.7 Å². The summed E-state index contributed by atoms with van der Waals surface area (Å²) >= 11 is 0. The zero-order valence-corrected chi connectivity index (χ0v) is 11.8. The molecule has 0 aliphatic rings. The average molecular weight is 282 g/mol. The Morgan fingerprint density at radius 2 is 1.71 bits per heavy atom. The number of carboxylic acid groups (broad SMARTS) is 1. The first-order valence-electron chi connectivity index (χ1n) is 6.87. The highest BCUT2D eigenvalue weighted by molar-refractivity contribution is 5.85. The van der Waals surface area contributed by atoms with Crippen molar-refractivity contribution < 1.29 is 14.6 Å². The number of carboxylic acids is 1. The van der Waals surface area contributed by atoms with E-state index >= 15 is 0 Å². The molecule has 0 aliphatic heterocycles. The van der Waals surface area contributed by atoms with Crippen molar-refractivity contribution in [2.45, 2.75) is 12.8 Å². The summed E-state index contributed by atoms with van der Waals surface area (Å²) in [6, 6.07) is 17.9. The number of aliphatic carboxylic acids is 1. The Labute approximate surface area is 124 Å². The van der Waals surface area contributed by atoms with Gasteiger partial charge in [-0.05, 0) is 24.5 Å². The quantitative estimate of drug-likeness (QED) is 0.613. The fourth-order valence-electron chi connectivity index (χ4n) is 2.02. The second kappa shape index (κ2) is 7.29. The Balaban J connectivity index is 1.98. The number of rotatable bonds is 7. The predicted octanol–water partition coefficient (Wildman–Crippen LogP) is 4.15. The van der Waals surface area contributed by atoms with Crippen molar-refractivity contribution in [3.63, 3.8) is 0 Å². The van der Waals surface area contributed by atoms with E-state index in [4.69, 9.17) is 9.84 Å². The van der Waals surface area contributed by atoms with Gasteiger partial charge < -0.3 is 9.84 Å². The van der Waals surface area contributed by atoms with Gasteiger partial charge in [-0.3, -0.25) is 0 Å². The van der Waals surface area contributed by atoms with E-state index < -0.39 is 5.97 Å². The summed E-state index contributed by atoms with van der Waals surface area (Å²) in [5.41, 5.74) is 2.35. The molecule has 0 saturated heterocycles. The van der Waals surface area contributed by atoms with E-state index in [0.717, 1.165) is 16.9 Å². The Bertz CT molecular complexity index is 617. The van der Waals surface area contributed by atoms with E-state index in [0.29, 0.717) is 19.4 Å². The van der Waals surface area contributed by atoms with Crippen molar-refractivity contribution in [1.82, 2.24) is 0 Å². The summed E-state index contributed by atoms with van der Waals surface area (Å²) in [7, 11) is 0. The lowest BCUT2D eigenvalue weighted by atomic mass is 10.0. The van der Waals surface area contributed by atoms with Gasteiger partial charge in [0.1, 0.15) is 5.75 Å². The standard InChI is InChI=1S/C18H18O3/c1-14(18(19)20)8-7-13-21-17-12-6-5-11-16(17)15-9-3-2-4-10-15/h2-6,9-12H,1,7-8,13H2,(H,19,20). The number of ether oxygens (including phenoxy) is 1. The molecule has 0 heterocycles. The monoisotopic (exact) mass is 282 g/mol. The van der Waals surface area contributed by atoms with Crippen LogP contribution in [0.5, 0.6) is 5.75 Å². The third-order valence-electron chi connectivity index (χ3n) is 3.15. The number of carbonyl (C=O) groups is 1. The molecule has 3 heteroatoms. The molecule has 0 radical (unpaired) electrons. The lowest BCUT2D eigenvalue weighted by Gasteiger charge is -2.11. The number of hydrogen-bond acceptors (Lipinski definition) is 2. The van der Waals surface area contributed by atoms with E-state index in [2.05, 4.69) is 6.58 Å². The van der Waals surface area contributed by atoms with Gasteiger partial charge in [-0.15, -0.1) is 0 Å². The third-order valence-corrected chi connectivity index (χ3v) is 3.15. The molecule has 0 amide bonds. The van der Waals surface area contributed by atoms with Crippen molar-refractivity contribution in [3.8, 4) is 16.9 Å². The summed E-state index contributed by atoms with van der Waals surface area (Å²) in [5.74, 6) is -0.135. The molecule has 2 aromatic rings. The van der Waals surface area contributed by atoms with Crippen molar-refractivity contribution in [3.05, 3.63) is 66.7 Å². The minimum atomic E-state index is -0.945. The van der Waals surface area contributed by atoms with E-state index in [-0.39, 0.29) is 5.57 Å². The highest BCUT2D eigenvalue weighted by Crippen LogP contribution is 2.29. The Morgan fingerprint density at radius 1 is 1.05 bits per heavy atom. The Hall–Kier alpha value is -2.55. The van der Waals surface area contributed by atoms with Gasteiger partial charge in [0.2, 0.25) is 0 Å². The highest BCUT2D eigenvalue weighted by Gasteiger charge is 2.06. The second-order valence-corrected chi connectivity index (χ2v) is 4.72. The molecule has 0 bridgehead atoms. The molecule has 1 N–H and O–H groups in total. The first kappa shape index (κ1) is 14.9. The third kappa shape index (κ3) is 4.21. The van der Waals surface area contributed by atoms with Gasteiger partial charge in [-0.1, -0.05) is 55.1 Å². The molecule has 2 aromatic carbocycles. The average Bonchev–Trinajstić information content (AvgIpc) is 2.52. The smallest absolute Gasteiger partial charge is 0.330 e. The zero-order chi connectivity index (χ0) is 15.1. The van der Waals surface area contributed by atoms with Gasteiger partial charge in [0, 0.05) is 11.1 Å². The van der Waals surface area contributed by atoms with Crippen LogP contribution in [0.25, 0.3) is 11.1 Å². The van der Waals surface area contributed by atoms with Gasteiger partial charge >= 0.3 is 5.97 Å². The largest absolute Gasteiger partial charge is 0.493 e. The molecule has 108 valence electrons. The maximum absolute atomic E-state index is 10.7. The van der Waals surface area contributed by atoms with Crippen LogP contribution in [0.2, 0.25) is 0 Å². The first-order chi connectivity index (χ1) is 10.2. The minimum absolute atomic E-state index is 0.218. The summed E-state index contributed by atoms with van der Waals surface area (Å²) in [6.45, 7) is 3.98. The van der Waals surface area contributed by atoms with Crippen molar-refractivity contribution in [2.24, 2.45) is 0 Å². The van der Waals surface area contributed by atoms with Gasteiger partial charge in [0.05, 0.1) is 6.61 Å². The molecule has 0 aliphatic carbocycles. The topological polar surface area (TPSA) is 46.5 Å². The molecule has 0 aromatic heterocycles. The number of para-hydroxylation sites is 1. The van der Waals surface area contributed by atoms with E-state index in [9.17, 15) is 4.79 Å². The maximum atomic E-state index is 10.7. The van der Waals surface area contributed by atoms with Crippen LogP contribution in [0.15, 0.2) is 66.7 Å². The van der Waals surface area contributed by atoms with E-state index in [1.807, 2.05) is 54.6 Å². The molecule has 0 spiro atoms. The number of benzene rings is 2. The molecule has 0 atom stereocenters. The van der Waals surface area contributed by atoms with Crippen LogP contribution in [0.4, 0.5) is 0 Å². The SMILES string of the molecule is C=C(CCCOc1ccccc1-c1ccccc1)C(=O)O. The first-order valence-corrected chi connectivity index (χ1v) is 6.87. The maximum Gasteiger partial charge on any atom is 0.330 e. The summed E-state index contributed by atoms with van der Waals surface area (Å²) in [4.78, 5) is 10.7. The van der Waals surface area contributed by atoms with Crippen molar-refractivity contribution in [2.75, 3.05) is 6.61 Å². The van der Waals surface area contributed by atoms with Gasteiger partial charge in [0.25, 0.3) is 0 Å². The summed E-state index contributed by atoms with van der Waals surface area (Å²) < 4.78 is 5.79. The second-order valence-electron chi connectivity index (χ2n) is 4.72. The Morgan fingerprint density at radius 3 is 2.43 bits per heavy atom. The van der Waals surface area contributed by atoms with Crippen molar-refractivity contribution in [1.29, 1.82) is 0 Å². The summed E-state index contributed by atoms with van der Waals surface area (Å²) in [6.07, 6.45) is 1.07. The fourth-order valence-corrected chi connectivity index (χ4v) is 2.02. The molecule has 0 fully saturated rings. The van der Waals surface area contributed by atoms with E-state index in [1.165, 1.54) is 0 Å². The highest BCUT2D eigenvalue weighted by atomic mass is 16.5. The molecular weight excluding hydrogens is 264 g/mol. The molecule has 21 heavy (non-hydrogen) atoms. The van der Waals surface area contributed by atoms with Crippen LogP contribution in [0.1, 0.15) is 12.8 Å². The molecular formula is C18H18O3. The fraction of sp³-hybridized carbons (Fsp3) is 0.167. The summed E-state index contributed by atoms with van der Waals surface area (Å²) in [5, 5.41) is 8.75. The van der Waals surface area contributed by atoms with Crippen LogP contribution in [0.3, 0.4) is 0 Å². The van der Waals surface area contributed by atoms with Crippen LogP contribution < -0.4 is 4.74 Å². The predicted molar refractivity (Wildman–Crippen MR) is 83.4 cm³/mol. The lowest BCUT2D eigenvalue weighted by molar-refractivity contribution is -0.132. The van der Waals surface area contributed by atoms with Crippen LogP contribution >= 0.6 is 0 Å². The van der Waals surface area contributed by atoms with Gasteiger partial charge in [-0.2, -0.15) is 0 Å². The lowest BCUT2D eigenvalue weighted by Crippen LogP contribution is -2.03. The molecule has 2 rings (SSSR count). The van der Waals surface area contributed by atoms with Crippen molar-refractivity contribution >= 4 is 5.97 Å². The van der Waals surface area contributed by atoms with Gasteiger partial charge in [-0.25, -0.2) is 4.79 Å². The van der Waals surface area contributed by atoms with E-state index in [1.54, 1.807) is 0 Å². The van der Waals surface area contributed by atoms with Crippen LogP contribution in [0, 0.1) is 0 Å².